The van der Waals surface area contributed by atoms with Gasteiger partial charge in [-0.1, -0.05) is 39.5 Å². The molecule has 2 aliphatic rings. The van der Waals surface area contributed by atoms with Crippen LogP contribution in [0, 0.1) is 11.3 Å². The number of carbonyl (C=O) groups excluding carboxylic acids is 2. The number of carboxylic acid groups (broad SMARTS) is 1. The summed E-state index contributed by atoms with van der Waals surface area (Å²) in [6.07, 6.45) is 5.64. The summed E-state index contributed by atoms with van der Waals surface area (Å²) in [6, 6.07) is 0.857. The summed E-state index contributed by atoms with van der Waals surface area (Å²) in [7, 11) is 0. The summed E-state index contributed by atoms with van der Waals surface area (Å²) in [5.74, 6) is -2.29. The zero-order valence-corrected chi connectivity index (χ0v) is 16.5. The van der Waals surface area contributed by atoms with E-state index in [0.717, 1.165) is 25.7 Å². The van der Waals surface area contributed by atoms with Crippen molar-refractivity contribution in [1.82, 2.24) is 10.3 Å². The van der Waals surface area contributed by atoms with Gasteiger partial charge >= 0.3 is 5.97 Å². The van der Waals surface area contributed by atoms with Gasteiger partial charge in [-0.2, -0.15) is 0 Å². The molecule has 3 rings (SSSR count). The maximum absolute atomic E-state index is 12.8. The van der Waals surface area contributed by atoms with Gasteiger partial charge in [0, 0.05) is 23.7 Å². The van der Waals surface area contributed by atoms with Crippen LogP contribution in [0.4, 0.5) is 0 Å². The molecule has 3 N–H and O–H groups in total. The van der Waals surface area contributed by atoms with Crippen LogP contribution in [-0.4, -0.2) is 33.8 Å². The number of aromatic amines is 1. The number of fused-ring (bicyclic) bond motifs is 1. The number of Topliss-reactive ketones (excluding diaryl/α,β-unsaturated/α-hetero) is 1. The number of carboxylic acids is 1. The van der Waals surface area contributed by atoms with Gasteiger partial charge in [0.25, 0.3) is 11.5 Å². The van der Waals surface area contributed by atoms with Crippen molar-refractivity contribution in [3.05, 3.63) is 33.2 Å². The molecule has 1 amide bonds. The van der Waals surface area contributed by atoms with Crippen molar-refractivity contribution in [3.63, 3.8) is 0 Å². The van der Waals surface area contributed by atoms with Crippen molar-refractivity contribution >= 4 is 17.7 Å². The molecule has 0 spiro atoms. The first-order valence-corrected chi connectivity index (χ1v) is 10.0. The van der Waals surface area contributed by atoms with Crippen LogP contribution in [-0.2, 0) is 11.2 Å². The fraction of sp³-hybridized carbons (Fsp3) is 0.619. The number of H-pyrrole nitrogens is 1. The summed E-state index contributed by atoms with van der Waals surface area (Å²) >= 11 is 0. The van der Waals surface area contributed by atoms with Gasteiger partial charge < -0.3 is 15.4 Å². The lowest BCUT2D eigenvalue weighted by Gasteiger charge is -2.30. The van der Waals surface area contributed by atoms with Crippen molar-refractivity contribution in [3.8, 4) is 0 Å². The Bertz CT molecular complexity index is 855. The molecule has 2 aliphatic carbocycles. The van der Waals surface area contributed by atoms with E-state index in [1.54, 1.807) is 0 Å². The number of ketones is 1. The molecular weight excluding hydrogens is 360 g/mol. The van der Waals surface area contributed by atoms with Gasteiger partial charge in [-0.3, -0.25) is 19.2 Å². The van der Waals surface area contributed by atoms with Crippen LogP contribution >= 0.6 is 0 Å². The third-order valence-electron chi connectivity index (χ3n) is 5.86. The zero-order chi connectivity index (χ0) is 20.5. The Hall–Kier alpha value is -2.44. The van der Waals surface area contributed by atoms with E-state index in [1.807, 2.05) is 13.8 Å². The van der Waals surface area contributed by atoms with E-state index in [9.17, 15) is 24.3 Å². The number of aliphatic carboxylic acids is 1. The number of nitrogens with one attached hydrogen (secondary N) is 2. The highest BCUT2D eigenvalue weighted by atomic mass is 16.4. The van der Waals surface area contributed by atoms with E-state index in [4.69, 9.17) is 0 Å². The number of aromatic nitrogens is 1. The van der Waals surface area contributed by atoms with Gasteiger partial charge in [-0.25, -0.2) is 0 Å². The van der Waals surface area contributed by atoms with E-state index in [1.165, 1.54) is 6.07 Å². The van der Waals surface area contributed by atoms with Gasteiger partial charge in [0.2, 0.25) is 0 Å². The van der Waals surface area contributed by atoms with Crippen LogP contribution in [0.2, 0.25) is 0 Å². The smallest absolute Gasteiger partial charge is 0.308 e. The Morgan fingerprint density at radius 3 is 2.46 bits per heavy atom. The molecule has 28 heavy (non-hydrogen) atoms. The third kappa shape index (κ3) is 4.34. The number of carbonyl (C=O) groups is 3. The fourth-order valence-electron chi connectivity index (χ4n) is 4.40. The van der Waals surface area contributed by atoms with Crippen molar-refractivity contribution in [2.45, 2.75) is 71.3 Å². The molecule has 1 fully saturated rings. The van der Waals surface area contributed by atoms with E-state index in [2.05, 4.69) is 10.3 Å². The minimum absolute atomic E-state index is 0.0917. The first-order chi connectivity index (χ1) is 13.2. The summed E-state index contributed by atoms with van der Waals surface area (Å²) in [5.41, 5.74) is 0.0517. The van der Waals surface area contributed by atoms with Crippen LogP contribution in [0.5, 0.6) is 0 Å². The minimum atomic E-state index is -0.927. The molecule has 1 aromatic rings. The van der Waals surface area contributed by atoms with Crippen LogP contribution in [0.3, 0.4) is 0 Å². The highest BCUT2D eigenvalue weighted by Gasteiger charge is 2.34. The van der Waals surface area contributed by atoms with Crippen LogP contribution in [0.15, 0.2) is 10.9 Å². The second-order valence-electron chi connectivity index (χ2n) is 8.86. The monoisotopic (exact) mass is 388 g/mol. The van der Waals surface area contributed by atoms with E-state index >= 15 is 0 Å². The van der Waals surface area contributed by atoms with Crippen LogP contribution in [0.25, 0.3) is 0 Å². The summed E-state index contributed by atoms with van der Waals surface area (Å²) in [5, 5.41) is 12.3. The van der Waals surface area contributed by atoms with Crippen molar-refractivity contribution in [2.75, 3.05) is 0 Å². The number of hydrogen-bond donors (Lipinski definition) is 3. The number of pyridine rings is 1. The average molecular weight is 388 g/mol. The summed E-state index contributed by atoms with van der Waals surface area (Å²) in [6.45, 7) is 3.93. The van der Waals surface area contributed by atoms with Gasteiger partial charge in [-0.05, 0) is 30.7 Å². The van der Waals surface area contributed by atoms with Crippen LogP contribution in [0.1, 0.15) is 85.2 Å². The largest absolute Gasteiger partial charge is 0.481 e. The number of rotatable bonds is 3. The number of hydrogen-bond acceptors (Lipinski definition) is 4. The molecule has 1 saturated carbocycles. The Morgan fingerprint density at radius 1 is 1.11 bits per heavy atom. The molecule has 2 unspecified atom stereocenters. The molecule has 0 radical (unpaired) electrons. The molecule has 152 valence electrons. The zero-order valence-electron chi connectivity index (χ0n) is 16.5. The highest BCUT2D eigenvalue weighted by Crippen LogP contribution is 2.33. The Balaban J connectivity index is 1.86. The molecule has 7 heteroatoms. The molecule has 1 heterocycles. The molecule has 2 atom stereocenters. The maximum Gasteiger partial charge on any atom is 0.308 e. The van der Waals surface area contributed by atoms with Crippen molar-refractivity contribution in [2.24, 2.45) is 11.3 Å². The van der Waals surface area contributed by atoms with Gasteiger partial charge in [-0.15, -0.1) is 0 Å². The predicted octanol–water partition coefficient (Wildman–Crippen LogP) is 2.68. The normalized spacial score (nSPS) is 24.6. The first-order valence-electron chi connectivity index (χ1n) is 10.0. The summed E-state index contributed by atoms with van der Waals surface area (Å²) in [4.78, 5) is 52.1. The molecule has 0 saturated heterocycles. The summed E-state index contributed by atoms with van der Waals surface area (Å²) < 4.78 is 0. The first kappa shape index (κ1) is 20.3. The Kier molecular flexibility index (Phi) is 5.72. The van der Waals surface area contributed by atoms with Crippen molar-refractivity contribution < 1.29 is 19.5 Å². The van der Waals surface area contributed by atoms with Crippen molar-refractivity contribution in [1.29, 1.82) is 0 Å². The molecule has 0 bridgehead atoms. The highest BCUT2D eigenvalue weighted by molar-refractivity contribution is 6.02. The lowest BCUT2D eigenvalue weighted by Crippen LogP contribution is -2.45. The minimum Gasteiger partial charge on any atom is -0.481 e. The van der Waals surface area contributed by atoms with E-state index in [-0.39, 0.29) is 16.8 Å². The Labute approximate surface area is 163 Å². The molecule has 1 aromatic heterocycles. The number of amides is 1. The molecule has 0 aromatic carbocycles. The lowest BCUT2D eigenvalue weighted by molar-refractivity contribution is -0.143. The predicted molar refractivity (Wildman–Crippen MR) is 104 cm³/mol. The molecule has 0 aliphatic heterocycles. The quantitative estimate of drug-likeness (QED) is 0.736. The second kappa shape index (κ2) is 7.89. The van der Waals surface area contributed by atoms with Gasteiger partial charge in [0.15, 0.2) is 5.78 Å². The van der Waals surface area contributed by atoms with Gasteiger partial charge in [0.1, 0.15) is 5.56 Å². The fourth-order valence-corrected chi connectivity index (χ4v) is 4.40. The SMILES string of the molecule is CC1(C)CC(=O)c2cc(C(=O)NC3CCCCCCC3C(=O)O)c(=O)[nH]c2C1. The maximum atomic E-state index is 12.8. The van der Waals surface area contributed by atoms with Gasteiger partial charge in [0.05, 0.1) is 5.92 Å². The Morgan fingerprint density at radius 2 is 1.79 bits per heavy atom. The molecule has 7 nitrogen and oxygen atoms in total. The average Bonchev–Trinajstić information content (AvgIpc) is 2.55. The second-order valence-corrected chi connectivity index (χ2v) is 8.86. The topological polar surface area (TPSA) is 116 Å². The third-order valence-corrected chi connectivity index (χ3v) is 5.86. The van der Waals surface area contributed by atoms with E-state index in [0.29, 0.717) is 36.9 Å². The standard InChI is InChI=1S/C21H28N2O5/c1-21(2)10-16-13(17(24)11-21)9-14(19(26)23-16)18(25)22-15-8-6-4-3-5-7-12(15)20(27)28/h9,12,15H,3-8,10-11H2,1-2H3,(H,22,25)(H,23,26)(H,27,28). The van der Waals surface area contributed by atoms with Crippen LogP contribution < -0.4 is 10.9 Å². The lowest BCUT2D eigenvalue weighted by atomic mass is 9.75. The molecular formula is C21H28N2O5. The van der Waals surface area contributed by atoms with E-state index < -0.39 is 29.4 Å².